The van der Waals surface area contributed by atoms with Crippen molar-refractivity contribution in [3.05, 3.63) is 47.0 Å². The number of hydrogen-bond acceptors (Lipinski definition) is 1. The predicted molar refractivity (Wildman–Crippen MR) is 81.8 cm³/mol. The van der Waals surface area contributed by atoms with E-state index in [-0.39, 0.29) is 0 Å². The van der Waals surface area contributed by atoms with Crippen LogP contribution in [-0.2, 0) is 0 Å². The minimum absolute atomic E-state index is 0.473. The van der Waals surface area contributed by atoms with Gasteiger partial charge in [-0.25, -0.2) is 0 Å². The van der Waals surface area contributed by atoms with Gasteiger partial charge >= 0.3 is 0 Å². The van der Waals surface area contributed by atoms with Gasteiger partial charge in [-0.1, -0.05) is 72.1 Å². The van der Waals surface area contributed by atoms with Crippen LogP contribution < -0.4 is 5.32 Å². The summed E-state index contributed by atoms with van der Waals surface area (Å²) in [5.41, 5.74) is 1.41. The Kier molecular flexibility index (Phi) is 5.45. The minimum Gasteiger partial charge on any atom is -0.305 e. The lowest BCUT2D eigenvalue weighted by Gasteiger charge is -2.31. The topological polar surface area (TPSA) is 12.0 Å². The average molecular weight is 308 g/mol. The third-order valence-corrected chi connectivity index (χ3v) is 4.07. The molecule has 0 spiro atoms. The Balaban J connectivity index is 2.08. The second kappa shape index (κ2) is 7.10. The van der Waals surface area contributed by atoms with Gasteiger partial charge in [-0.2, -0.15) is 0 Å². The van der Waals surface area contributed by atoms with Gasteiger partial charge in [0, 0.05) is 17.1 Å². The van der Waals surface area contributed by atoms with E-state index in [1.807, 2.05) is 0 Å². The summed E-state index contributed by atoms with van der Waals surface area (Å²) in [4.78, 5) is 0. The third kappa shape index (κ3) is 3.96. The number of halogens is 1. The molecule has 0 bridgehead atoms. The highest BCUT2D eigenvalue weighted by molar-refractivity contribution is 9.11. The Bertz CT molecular complexity index is 368. The first-order valence-electron chi connectivity index (χ1n) is 6.89. The predicted octanol–water partition coefficient (Wildman–Crippen LogP) is 4.81. The van der Waals surface area contributed by atoms with Crippen LogP contribution in [0.1, 0.15) is 43.7 Å². The molecule has 0 saturated heterocycles. The van der Waals surface area contributed by atoms with Gasteiger partial charge < -0.3 is 5.32 Å². The Morgan fingerprint density at radius 3 is 2.50 bits per heavy atom. The minimum atomic E-state index is 0.473. The summed E-state index contributed by atoms with van der Waals surface area (Å²) in [6.45, 7) is 4.76. The fraction of sp³-hybridized carbons (Fsp3) is 0.500. The van der Waals surface area contributed by atoms with Gasteiger partial charge in [-0.15, -0.1) is 0 Å². The van der Waals surface area contributed by atoms with Gasteiger partial charge in [0.1, 0.15) is 0 Å². The van der Waals surface area contributed by atoms with Gasteiger partial charge in [0.15, 0.2) is 0 Å². The van der Waals surface area contributed by atoms with Gasteiger partial charge in [0.2, 0.25) is 0 Å². The van der Waals surface area contributed by atoms with Crippen LogP contribution in [0, 0.1) is 5.92 Å². The average Bonchev–Trinajstić information content (AvgIpc) is 2.41. The largest absolute Gasteiger partial charge is 0.305 e. The molecule has 0 aliphatic heterocycles. The summed E-state index contributed by atoms with van der Waals surface area (Å²) >= 11 is 3.44. The summed E-state index contributed by atoms with van der Waals surface area (Å²) in [6, 6.07) is 11.3. The molecule has 1 nitrogen and oxygen atoms in total. The molecule has 1 aromatic carbocycles. The lowest BCUT2D eigenvalue weighted by molar-refractivity contribution is 0.276. The second-order valence-corrected chi connectivity index (χ2v) is 6.31. The fourth-order valence-corrected chi connectivity index (χ4v) is 3.07. The van der Waals surface area contributed by atoms with E-state index in [1.54, 1.807) is 0 Å². The second-order valence-electron chi connectivity index (χ2n) is 5.18. The summed E-state index contributed by atoms with van der Waals surface area (Å²) in [5.74, 6) is 0.771. The van der Waals surface area contributed by atoms with Gasteiger partial charge in [-0.3, -0.25) is 0 Å². The van der Waals surface area contributed by atoms with E-state index >= 15 is 0 Å². The van der Waals surface area contributed by atoms with E-state index in [1.165, 1.54) is 37.7 Å². The Hall–Kier alpha value is -0.600. The van der Waals surface area contributed by atoms with Crippen LogP contribution in [0.15, 0.2) is 41.4 Å². The van der Waals surface area contributed by atoms with Crippen molar-refractivity contribution < 1.29 is 0 Å². The van der Waals surface area contributed by atoms with Crippen molar-refractivity contribution in [3.63, 3.8) is 0 Å². The standard InChI is InChI=1S/C16H22BrN/c1-13(17)12-18-16(14-8-4-2-5-9-14)15-10-6-3-7-11-15/h2,4-5,8-9,15-16,18H,1,3,6-7,10-12H2. The van der Waals surface area contributed by atoms with Crippen molar-refractivity contribution in [2.24, 2.45) is 5.92 Å². The highest BCUT2D eigenvalue weighted by Gasteiger charge is 2.24. The molecule has 18 heavy (non-hydrogen) atoms. The molecule has 1 N–H and O–H groups in total. The quantitative estimate of drug-likeness (QED) is 0.823. The van der Waals surface area contributed by atoms with E-state index in [0.717, 1.165) is 16.9 Å². The lowest BCUT2D eigenvalue weighted by atomic mass is 9.81. The number of rotatable bonds is 5. The van der Waals surface area contributed by atoms with E-state index in [0.29, 0.717) is 6.04 Å². The lowest BCUT2D eigenvalue weighted by Crippen LogP contribution is -2.30. The Labute approximate surface area is 119 Å². The SMILES string of the molecule is C=C(Br)CNC(c1ccccc1)C1CCCCC1. The van der Waals surface area contributed by atoms with Crippen molar-refractivity contribution >= 4 is 15.9 Å². The van der Waals surface area contributed by atoms with Gasteiger partial charge in [-0.05, 0) is 24.3 Å². The molecule has 0 aromatic heterocycles. The van der Waals surface area contributed by atoms with E-state index < -0.39 is 0 Å². The molecule has 1 aromatic rings. The molecule has 1 fully saturated rings. The molecule has 0 heterocycles. The zero-order valence-corrected chi connectivity index (χ0v) is 12.5. The summed E-state index contributed by atoms with van der Waals surface area (Å²) in [7, 11) is 0. The maximum absolute atomic E-state index is 3.92. The Morgan fingerprint density at radius 2 is 1.89 bits per heavy atom. The van der Waals surface area contributed by atoms with Crippen molar-refractivity contribution in [1.29, 1.82) is 0 Å². The fourth-order valence-electron chi connectivity index (χ4n) is 2.91. The highest BCUT2D eigenvalue weighted by atomic mass is 79.9. The first-order valence-corrected chi connectivity index (χ1v) is 7.68. The summed E-state index contributed by atoms with van der Waals surface area (Å²) < 4.78 is 1.03. The molecular formula is C16H22BrN. The first-order chi connectivity index (χ1) is 8.77. The van der Waals surface area contributed by atoms with Crippen molar-refractivity contribution in [2.75, 3.05) is 6.54 Å². The molecule has 0 radical (unpaired) electrons. The molecule has 1 aliphatic carbocycles. The molecule has 2 heteroatoms. The molecule has 1 atom stereocenters. The van der Waals surface area contributed by atoms with E-state index in [9.17, 15) is 0 Å². The monoisotopic (exact) mass is 307 g/mol. The molecule has 1 unspecified atom stereocenters. The smallest absolute Gasteiger partial charge is 0.0351 e. The zero-order valence-electron chi connectivity index (χ0n) is 10.9. The molecule has 1 saturated carbocycles. The van der Waals surface area contributed by atoms with Crippen LogP contribution in [0.3, 0.4) is 0 Å². The molecule has 1 aliphatic rings. The maximum atomic E-state index is 3.92. The maximum Gasteiger partial charge on any atom is 0.0351 e. The molecule has 2 rings (SSSR count). The molecule has 0 amide bonds. The zero-order chi connectivity index (χ0) is 12.8. The van der Waals surface area contributed by atoms with E-state index in [4.69, 9.17) is 0 Å². The number of hydrogen-bond donors (Lipinski definition) is 1. The Morgan fingerprint density at radius 1 is 1.22 bits per heavy atom. The van der Waals surface area contributed by atoms with E-state index in [2.05, 4.69) is 58.2 Å². The highest BCUT2D eigenvalue weighted by Crippen LogP contribution is 2.34. The number of benzene rings is 1. The van der Waals surface area contributed by atoms with Gasteiger partial charge in [0.05, 0.1) is 0 Å². The van der Waals surface area contributed by atoms with Crippen LogP contribution in [-0.4, -0.2) is 6.54 Å². The van der Waals surface area contributed by atoms with Crippen molar-refractivity contribution in [3.8, 4) is 0 Å². The number of nitrogens with one attached hydrogen (secondary N) is 1. The summed E-state index contributed by atoms with van der Waals surface area (Å²) in [5, 5.41) is 3.66. The van der Waals surface area contributed by atoms with Crippen LogP contribution >= 0.6 is 15.9 Å². The molecule has 98 valence electrons. The summed E-state index contributed by atoms with van der Waals surface area (Å²) in [6.07, 6.45) is 6.86. The van der Waals surface area contributed by atoms with Crippen LogP contribution in [0.5, 0.6) is 0 Å². The van der Waals surface area contributed by atoms with Crippen LogP contribution in [0.4, 0.5) is 0 Å². The van der Waals surface area contributed by atoms with Crippen molar-refractivity contribution in [2.45, 2.75) is 38.1 Å². The third-order valence-electron chi connectivity index (χ3n) is 3.79. The normalized spacial score (nSPS) is 18.5. The van der Waals surface area contributed by atoms with Crippen LogP contribution in [0.2, 0.25) is 0 Å². The van der Waals surface area contributed by atoms with Crippen LogP contribution in [0.25, 0.3) is 0 Å². The van der Waals surface area contributed by atoms with Crippen molar-refractivity contribution in [1.82, 2.24) is 5.32 Å². The molecular weight excluding hydrogens is 286 g/mol. The first kappa shape index (κ1) is 13.8. The van der Waals surface area contributed by atoms with Gasteiger partial charge in [0.25, 0.3) is 0 Å².